The summed E-state index contributed by atoms with van der Waals surface area (Å²) in [6.45, 7) is 0.520. The van der Waals surface area contributed by atoms with Crippen LogP contribution in [-0.2, 0) is 11.3 Å². The Bertz CT molecular complexity index is 606. The first kappa shape index (κ1) is 10.2. The molecule has 0 aliphatic carbocycles. The van der Waals surface area contributed by atoms with E-state index in [-0.39, 0.29) is 11.9 Å². The molecule has 0 radical (unpaired) electrons. The van der Waals surface area contributed by atoms with Crippen LogP contribution in [0.2, 0.25) is 0 Å². The molecule has 5 nitrogen and oxygen atoms in total. The molecular weight excluding hydrogens is 236 g/mol. The van der Waals surface area contributed by atoms with Gasteiger partial charge in [-0.05, 0) is 24.4 Å². The Morgan fingerprint density at radius 2 is 2.24 bits per heavy atom. The van der Waals surface area contributed by atoms with Gasteiger partial charge in [0.2, 0.25) is 0 Å². The number of hydrogen-bond donors (Lipinski definition) is 2. The van der Waals surface area contributed by atoms with E-state index in [1.165, 1.54) is 0 Å². The number of thiocarbonyl (C=S) groups is 1. The summed E-state index contributed by atoms with van der Waals surface area (Å²) in [6.07, 6.45) is 1.74. The molecule has 1 unspecified atom stereocenters. The number of nitrogens with one attached hydrogen (secondary N) is 2. The molecule has 1 aliphatic rings. The third kappa shape index (κ3) is 1.76. The number of benzene rings is 1. The fourth-order valence-corrected chi connectivity index (χ4v) is 2.18. The second kappa shape index (κ2) is 3.81. The van der Waals surface area contributed by atoms with Crippen molar-refractivity contribution in [2.45, 2.75) is 12.6 Å². The van der Waals surface area contributed by atoms with E-state index in [0.717, 1.165) is 11.0 Å². The number of carbonyl (C=O) groups excluding carboxylic acids is 1. The first-order valence-electron chi connectivity index (χ1n) is 5.25. The van der Waals surface area contributed by atoms with Crippen LogP contribution < -0.4 is 10.6 Å². The number of nitrogens with zero attached hydrogens (tertiary/aromatic N) is 2. The smallest absolute Gasteiger partial charge is 0.250 e. The average Bonchev–Trinajstić information content (AvgIpc) is 2.85. The van der Waals surface area contributed by atoms with E-state index >= 15 is 0 Å². The average molecular weight is 246 g/mol. The van der Waals surface area contributed by atoms with Gasteiger partial charge in [0.05, 0.1) is 23.9 Å². The molecule has 1 atom stereocenters. The molecule has 17 heavy (non-hydrogen) atoms. The van der Waals surface area contributed by atoms with Gasteiger partial charge in [0, 0.05) is 0 Å². The monoisotopic (exact) mass is 246 g/mol. The van der Waals surface area contributed by atoms with Crippen molar-refractivity contribution >= 4 is 34.3 Å². The lowest BCUT2D eigenvalue weighted by Crippen LogP contribution is -2.33. The van der Waals surface area contributed by atoms with Crippen LogP contribution in [0.1, 0.15) is 0 Å². The summed E-state index contributed by atoms with van der Waals surface area (Å²) in [4.78, 5) is 15.8. The molecule has 2 aromatic rings. The quantitative estimate of drug-likeness (QED) is 0.754. The van der Waals surface area contributed by atoms with E-state index in [1.807, 2.05) is 28.8 Å². The summed E-state index contributed by atoms with van der Waals surface area (Å²) in [5.41, 5.74) is 1.94. The SMILES string of the molecule is O=C1NC(=S)NC1Cn1cnc2ccccc21. The van der Waals surface area contributed by atoms with Gasteiger partial charge >= 0.3 is 0 Å². The highest BCUT2D eigenvalue weighted by Gasteiger charge is 2.27. The molecule has 0 spiro atoms. The Balaban J connectivity index is 1.90. The zero-order valence-electron chi connectivity index (χ0n) is 8.88. The van der Waals surface area contributed by atoms with Crippen molar-refractivity contribution in [3.8, 4) is 0 Å². The van der Waals surface area contributed by atoms with Gasteiger partial charge < -0.3 is 15.2 Å². The van der Waals surface area contributed by atoms with Crippen LogP contribution in [0.25, 0.3) is 11.0 Å². The van der Waals surface area contributed by atoms with Crippen LogP contribution in [0.4, 0.5) is 0 Å². The molecule has 1 aliphatic heterocycles. The van der Waals surface area contributed by atoms with E-state index in [9.17, 15) is 4.79 Å². The maximum atomic E-state index is 11.6. The molecule has 1 saturated heterocycles. The van der Waals surface area contributed by atoms with Crippen LogP contribution in [0.3, 0.4) is 0 Å². The summed E-state index contributed by atoms with van der Waals surface area (Å²) in [5, 5.41) is 5.90. The lowest BCUT2D eigenvalue weighted by Gasteiger charge is -2.09. The Labute approximate surface area is 103 Å². The fourth-order valence-electron chi connectivity index (χ4n) is 1.94. The number of rotatable bonds is 2. The summed E-state index contributed by atoms with van der Waals surface area (Å²) < 4.78 is 1.94. The zero-order chi connectivity index (χ0) is 11.8. The van der Waals surface area contributed by atoms with Crippen LogP contribution in [0, 0.1) is 0 Å². The minimum absolute atomic E-state index is 0.0900. The van der Waals surface area contributed by atoms with Crippen molar-refractivity contribution in [2.75, 3.05) is 0 Å². The molecule has 86 valence electrons. The molecule has 2 N–H and O–H groups in total. The third-order valence-electron chi connectivity index (χ3n) is 2.77. The molecule has 1 aromatic heterocycles. The predicted molar refractivity (Wildman–Crippen MR) is 67.4 cm³/mol. The highest BCUT2D eigenvalue weighted by molar-refractivity contribution is 7.80. The first-order chi connectivity index (χ1) is 8.24. The summed E-state index contributed by atoms with van der Waals surface area (Å²) >= 11 is 4.90. The second-order valence-corrected chi connectivity index (χ2v) is 4.31. The minimum atomic E-state index is -0.319. The lowest BCUT2D eigenvalue weighted by molar-refractivity contribution is -0.120. The normalized spacial score (nSPS) is 19.4. The van der Waals surface area contributed by atoms with Gasteiger partial charge in [-0.1, -0.05) is 12.1 Å². The van der Waals surface area contributed by atoms with Crippen molar-refractivity contribution in [1.82, 2.24) is 20.2 Å². The minimum Gasteiger partial charge on any atom is -0.349 e. The third-order valence-corrected chi connectivity index (χ3v) is 2.99. The van der Waals surface area contributed by atoms with E-state index < -0.39 is 0 Å². The van der Waals surface area contributed by atoms with Gasteiger partial charge in [0.1, 0.15) is 6.04 Å². The van der Waals surface area contributed by atoms with Gasteiger partial charge in [-0.25, -0.2) is 4.98 Å². The maximum absolute atomic E-state index is 11.6. The largest absolute Gasteiger partial charge is 0.349 e. The molecule has 2 heterocycles. The molecule has 1 amide bonds. The standard InChI is InChI=1S/C11H10N4OS/c16-10-8(13-11(17)14-10)5-15-6-12-7-3-1-2-4-9(7)15/h1-4,6,8H,5H2,(H2,13,14,16,17). The Kier molecular flexibility index (Phi) is 2.29. The molecule has 1 fully saturated rings. The van der Waals surface area contributed by atoms with Crippen LogP contribution >= 0.6 is 12.2 Å². The molecule has 0 saturated carbocycles. The van der Waals surface area contributed by atoms with Crippen molar-refractivity contribution < 1.29 is 4.79 Å². The summed E-state index contributed by atoms with van der Waals surface area (Å²) in [6, 6.07) is 7.49. The van der Waals surface area contributed by atoms with Crippen molar-refractivity contribution in [3.63, 3.8) is 0 Å². The van der Waals surface area contributed by atoms with E-state index in [0.29, 0.717) is 11.7 Å². The second-order valence-electron chi connectivity index (χ2n) is 3.90. The van der Waals surface area contributed by atoms with Gasteiger partial charge in [0.15, 0.2) is 5.11 Å². The Morgan fingerprint density at radius 3 is 3.00 bits per heavy atom. The highest BCUT2D eigenvalue weighted by Crippen LogP contribution is 2.12. The van der Waals surface area contributed by atoms with Crippen LogP contribution in [-0.4, -0.2) is 26.6 Å². The van der Waals surface area contributed by atoms with Crippen LogP contribution in [0.15, 0.2) is 30.6 Å². The Morgan fingerprint density at radius 1 is 1.41 bits per heavy atom. The maximum Gasteiger partial charge on any atom is 0.250 e. The Hall–Kier alpha value is -1.95. The van der Waals surface area contributed by atoms with Gasteiger partial charge in [-0.15, -0.1) is 0 Å². The van der Waals surface area contributed by atoms with Crippen LogP contribution in [0.5, 0.6) is 0 Å². The van der Waals surface area contributed by atoms with Gasteiger partial charge in [-0.3, -0.25) is 4.79 Å². The molecular formula is C11H10N4OS. The van der Waals surface area contributed by atoms with E-state index in [4.69, 9.17) is 12.2 Å². The number of imidazole rings is 1. The van der Waals surface area contributed by atoms with Crippen molar-refractivity contribution in [3.05, 3.63) is 30.6 Å². The number of para-hydroxylation sites is 2. The fraction of sp³-hybridized carbons (Fsp3) is 0.182. The number of fused-ring (bicyclic) bond motifs is 1. The topological polar surface area (TPSA) is 59.0 Å². The van der Waals surface area contributed by atoms with Crippen molar-refractivity contribution in [1.29, 1.82) is 0 Å². The highest BCUT2D eigenvalue weighted by atomic mass is 32.1. The molecule has 3 rings (SSSR count). The van der Waals surface area contributed by atoms with Gasteiger partial charge in [0.25, 0.3) is 5.91 Å². The zero-order valence-corrected chi connectivity index (χ0v) is 9.70. The molecule has 6 heteroatoms. The molecule has 0 bridgehead atoms. The lowest BCUT2D eigenvalue weighted by atomic mass is 10.2. The van der Waals surface area contributed by atoms with E-state index in [1.54, 1.807) is 6.33 Å². The summed E-state index contributed by atoms with van der Waals surface area (Å²) in [7, 11) is 0. The number of carbonyl (C=O) groups is 1. The number of hydrogen-bond acceptors (Lipinski definition) is 3. The predicted octanol–water partition coefficient (Wildman–Crippen LogP) is 0.409. The van der Waals surface area contributed by atoms with Gasteiger partial charge in [-0.2, -0.15) is 0 Å². The molecule has 1 aromatic carbocycles. The number of amides is 1. The number of aromatic nitrogens is 2. The van der Waals surface area contributed by atoms with Crippen molar-refractivity contribution in [2.24, 2.45) is 0 Å². The van der Waals surface area contributed by atoms with E-state index in [2.05, 4.69) is 15.6 Å². The summed E-state index contributed by atoms with van der Waals surface area (Å²) in [5.74, 6) is -0.0900. The first-order valence-corrected chi connectivity index (χ1v) is 5.66.